The Balaban J connectivity index is 2.14. The highest BCUT2D eigenvalue weighted by Gasteiger charge is 2.32. The van der Waals surface area contributed by atoms with Crippen LogP contribution in [0.1, 0.15) is 29.6 Å². The van der Waals surface area contributed by atoms with Gasteiger partial charge in [0.2, 0.25) is 0 Å². The van der Waals surface area contributed by atoms with Gasteiger partial charge >= 0.3 is 12.0 Å². The number of anilines is 1. The Kier molecular flexibility index (Phi) is 4.42. The number of carboxylic acid groups (broad SMARTS) is 1. The van der Waals surface area contributed by atoms with Gasteiger partial charge in [-0.2, -0.15) is 0 Å². The van der Waals surface area contributed by atoms with Gasteiger partial charge in [-0.15, -0.1) is 0 Å². The van der Waals surface area contributed by atoms with Crippen LogP contribution in [-0.4, -0.2) is 40.5 Å². The van der Waals surface area contributed by atoms with E-state index < -0.39 is 18.0 Å². The van der Waals surface area contributed by atoms with Gasteiger partial charge in [0.25, 0.3) is 5.91 Å². The van der Waals surface area contributed by atoms with Crippen LogP contribution in [0.25, 0.3) is 0 Å². The summed E-state index contributed by atoms with van der Waals surface area (Å²) >= 11 is 0. The van der Waals surface area contributed by atoms with Crippen molar-refractivity contribution in [1.29, 1.82) is 0 Å². The molecule has 1 aliphatic rings. The zero-order valence-corrected chi connectivity index (χ0v) is 11.4. The Hall–Kier alpha value is -2.57. The first-order valence-corrected chi connectivity index (χ1v) is 6.69. The third kappa shape index (κ3) is 3.50. The Morgan fingerprint density at radius 3 is 2.43 bits per heavy atom. The number of hydrogen-bond acceptors (Lipinski definition) is 3. The van der Waals surface area contributed by atoms with Crippen molar-refractivity contribution >= 4 is 23.6 Å². The number of nitrogens with zero attached hydrogens (tertiary/aromatic N) is 1. The van der Waals surface area contributed by atoms with Crippen LogP contribution in [0.5, 0.6) is 0 Å². The van der Waals surface area contributed by atoms with Crippen LogP contribution >= 0.6 is 0 Å². The molecule has 3 amide bonds. The number of primary amides is 1. The third-order valence-corrected chi connectivity index (χ3v) is 3.45. The van der Waals surface area contributed by atoms with Crippen LogP contribution in [0.15, 0.2) is 24.3 Å². The Labute approximate surface area is 121 Å². The number of nitrogens with one attached hydrogen (secondary N) is 1. The van der Waals surface area contributed by atoms with Gasteiger partial charge in [-0.25, -0.2) is 9.59 Å². The average molecular weight is 291 g/mol. The number of hydrogen-bond donors (Lipinski definition) is 3. The normalized spacial score (nSPS) is 18.1. The molecule has 1 saturated heterocycles. The van der Waals surface area contributed by atoms with E-state index in [1.165, 1.54) is 4.90 Å². The molecule has 4 N–H and O–H groups in total. The lowest BCUT2D eigenvalue weighted by Gasteiger charge is -2.33. The van der Waals surface area contributed by atoms with Gasteiger partial charge in [-0.05, 0) is 43.5 Å². The van der Waals surface area contributed by atoms with E-state index >= 15 is 0 Å². The summed E-state index contributed by atoms with van der Waals surface area (Å²) in [6.45, 7) is 0.442. The Bertz CT molecular complexity index is 556. The molecule has 1 aromatic rings. The smallest absolute Gasteiger partial charge is 0.326 e. The van der Waals surface area contributed by atoms with Gasteiger partial charge in [0.15, 0.2) is 0 Å². The maximum Gasteiger partial charge on any atom is 0.326 e. The zero-order chi connectivity index (χ0) is 15.4. The summed E-state index contributed by atoms with van der Waals surface area (Å²) in [5, 5.41) is 11.6. The van der Waals surface area contributed by atoms with Gasteiger partial charge in [0.05, 0.1) is 0 Å². The predicted octanol–water partition coefficient (Wildman–Crippen LogP) is 1.26. The topological polar surface area (TPSA) is 113 Å². The zero-order valence-electron chi connectivity index (χ0n) is 11.4. The van der Waals surface area contributed by atoms with Crippen LogP contribution in [0.2, 0.25) is 0 Å². The predicted molar refractivity (Wildman–Crippen MR) is 76.0 cm³/mol. The highest BCUT2D eigenvalue weighted by molar-refractivity contribution is 5.97. The second-order valence-corrected chi connectivity index (χ2v) is 4.91. The number of carboxylic acids is 1. The Morgan fingerprint density at radius 2 is 1.86 bits per heavy atom. The number of nitrogens with two attached hydrogens (primary N) is 1. The number of urea groups is 1. The molecule has 7 nitrogen and oxygen atoms in total. The highest BCUT2D eigenvalue weighted by Crippen LogP contribution is 2.20. The number of likely N-dealkylation sites (tertiary alicyclic amines) is 1. The second kappa shape index (κ2) is 6.25. The first kappa shape index (κ1) is 14.8. The highest BCUT2D eigenvalue weighted by atomic mass is 16.4. The second-order valence-electron chi connectivity index (χ2n) is 4.91. The molecule has 7 heteroatoms. The number of piperidine rings is 1. The molecule has 0 bridgehead atoms. The van der Waals surface area contributed by atoms with Crippen molar-refractivity contribution in [2.45, 2.75) is 25.3 Å². The molecule has 0 saturated carbocycles. The lowest BCUT2D eigenvalue weighted by atomic mass is 10.0. The molecule has 112 valence electrons. The molecular weight excluding hydrogens is 274 g/mol. The van der Waals surface area contributed by atoms with Crippen molar-refractivity contribution in [1.82, 2.24) is 4.90 Å². The van der Waals surface area contributed by atoms with Crippen LogP contribution in [0, 0.1) is 0 Å². The van der Waals surface area contributed by atoms with Crippen molar-refractivity contribution in [3.63, 3.8) is 0 Å². The third-order valence-electron chi connectivity index (χ3n) is 3.45. The van der Waals surface area contributed by atoms with Gasteiger partial charge < -0.3 is 21.1 Å². The maximum absolute atomic E-state index is 12.4. The van der Waals surface area contributed by atoms with E-state index in [-0.39, 0.29) is 5.91 Å². The van der Waals surface area contributed by atoms with Gasteiger partial charge in [-0.3, -0.25) is 4.79 Å². The Morgan fingerprint density at radius 1 is 1.19 bits per heavy atom. The summed E-state index contributed by atoms with van der Waals surface area (Å²) in [4.78, 5) is 35.7. The maximum atomic E-state index is 12.4. The first-order chi connectivity index (χ1) is 9.99. The summed E-state index contributed by atoms with van der Waals surface area (Å²) in [7, 11) is 0. The summed E-state index contributed by atoms with van der Waals surface area (Å²) in [6.07, 6.45) is 2.08. The van der Waals surface area contributed by atoms with E-state index in [2.05, 4.69) is 5.32 Å². The number of aliphatic carboxylic acids is 1. The SMILES string of the molecule is NC(=O)Nc1ccc(C(=O)N2CCCC[C@H]2C(=O)O)cc1. The standard InChI is InChI=1S/C14H17N3O4/c15-14(21)16-10-6-4-9(5-7-10)12(18)17-8-2-1-3-11(17)13(19)20/h4-7,11H,1-3,8H2,(H,19,20)(H3,15,16,21)/t11-/m0/s1. The van der Waals surface area contributed by atoms with Crippen molar-refractivity contribution in [3.05, 3.63) is 29.8 Å². The summed E-state index contributed by atoms with van der Waals surface area (Å²) < 4.78 is 0. The van der Waals surface area contributed by atoms with Gasteiger partial charge in [0.1, 0.15) is 6.04 Å². The monoisotopic (exact) mass is 291 g/mol. The summed E-state index contributed by atoms with van der Waals surface area (Å²) in [5.41, 5.74) is 5.87. The lowest BCUT2D eigenvalue weighted by molar-refractivity contribution is -0.143. The van der Waals surface area contributed by atoms with Crippen LogP contribution in [0.4, 0.5) is 10.5 Å². The lowest BCUT2D eigenvalue weighted by Crippen LogP contribution is -2.47. The van der Waals surface area contributed by atoms with Gasteiger partial charge in [-0.1, -0.05) is 0 Å². The average Bonchev–Trinajstić information content (AvgIpc) is 2.46. The fraction of sp³-hybridized carbons (Fsp3) is 0.357. The van der Waals surface area contributed by atoms with E-state index in [9.17, 15) is 19.5 Å². The summed E-state index contributed by atoms with van der Waals surface area (Å²) in [5.74, 6) is -1.29. The molecule has 1 atom stereocenters. The molecule has 0 aliphatic carbocycles. The van der Waals surface area contributed by atoms with Crippen molar-refractivity contribution in [3.8, 4) is 0 Å². The molecule has 0 spiro atoms. The molecular formula is C14H17N3O4. The number of carbonyl (C=O) groups is 3. The number of benzene rings is 1. The molecule has 2 rings (SSSR count). The molecule has 1 fully saturated rings. The minimum Gasteiger partial charge on any atom is -0.480 e. The van der Waals surface area contributed by atoms with Crippen molar-refractivity contribution < 1.29 is 19.5 Å². The van der Waals surface area contributed by atoms with Crippen LogP contribution in [-0.2, 0) is 4.79 Å². The molecule has 1 heterocycles. The van der Waals surface area contributed by atoms with Crippen molar-refractivity contribution in [2.75, 3.05) is 11.9 Å². The van der Waals surface area contributed by atoms with E-state index in [0.717, 1.165) is 12.8 Å². The molecule has 0 aromatic heterocycles. The quantitative estimate of drug-likeness (QED) is 0.778. The van der Waals surface area contributed by atoms with Gasteiger partial charge in [0, 0.05) is 17.8 Å². The number of carbonyl (C=O) groups excluding carboxylic acids is 2. The fourth-order valence-corrected chi connectivity index (χ4v) is 2.44. The molecule has 1 aliphatic heterocycles. The van der Waals surface area contributed by atoms with E-state index in [1.807, 2.05) is 0 Å². The minimum atomic E-state index is -0.977. The van der Waals surface area contributed by atoms with Crippen LogP contribution in [0.3, 0.4) is 0 Å². The van der Waals surface area contributed by atoms with E-state index in [0.29, 0.717) is 24.2 Å². The first-order valence-electron chi connectivity index (χ1n) is 6.69. The number of amides is 3. The molecule has 0 radical (unpaired) electrons. The van der Waals surface area contributed by atoms with Crippen molar-refractivity contribution in [2.24, 2.45) is 5.73 Å². The molecule has 0 unspecified atom stereocenters. The minimum absolute atomic E-state index is 0.312. The van der Waals surface area contributed by atoms with E-state index in [4.69, 9.17) is 5.73 Å². The number of rotatable bonds is 3. The fourth-order valence-electron chi connectivity index (χ4n) is 2.44. The molecule has 21 heavy (non-hydrogen) atoms. The molecule has 1 aromatic carbocycles. The summed E-state index contributed by atoms with van der Waals surface area (Å²) in [6, 6.07) is 4.74. The van der Waals surface area contributed by atoms with Crippen LogP contribution < -0.4 is 11.1 Å². The largest absolute Gasteiger partial charge is 0.480 e. The van der Waals surface area contributed by atoms with E-state index in [1.54, 1.807) is 24.3 Å².